The van der Waals surface area contributed by atoms with Crippen LogP contribution in [0.5, 0.6) is 5.75 Å². The van der Waals surface area contributed by atoms with Crippen molar-refractivity contribution in [3.05, 3.63) is 95.2 Å². The average molecular weight is 426 g/mol. The molecule has 0 aliphatic heterocycles. The zero-order valence-corrected chi connectivity index (χ0v) is 18.4. The number of aromatic nitrogens is 1. The first-order valence-electron chi connectivity index (χ1n) is 10.8. The smallest absolute Gasteiger partial charge is 0.352 e. The number of H-pyrrole nitrogens is 1. The van der Waals surface area contributed by atoms with Crippen LogP contribution in [-0.2, 0) is 6.42 Å². The van der Waals surface area contributed by atoms with Crippen molar-refractivity contribution in [1.82, 2.24) is 4.98 Å². The average Bonchev–Trinajstić information content (AvgIpc) is 3.16. The Kier molecular flexibility index (Phi) is 6.13. The molecular weight excluding hydrogens is 398 g/mol. The minimum Gasteiger partial charge on any atom is -0.493 e. The highest BCUT2D eigenvalue weighted by Gasteiger charge is 2.19. The third-order valence-electron chi connectivity index (χ3n) is 5.91. The molecule has 0 bridgehead atoms. The summed E-state index contributed by atoms with van der Waals surface area (Å²) in [5.74, 6) is -0.139. The summed E-state index contributed by atoms with van der Waals surface area (Å²) in [5, 5.41) is 10.8. The standard InChI is InChI=1S/C28H27NO3/c1-4-20-18(2)11-7-16-25(20)32-17-9-15-24-23-14-8-13-22(21-12-6-5-10-19(21)3)26(23)29-27(24)28(30)31/h4-8,10-14,16,29H,1,9,15,17H2,2-3H3,(H,30,31). The minimum absolute atomic E-state index is 0.253. The van der Waals surface area contributed by atoms with Crippen molar-refractivity contribution in [1.29, 1.82) is 0 Å². The fourth-order valence-electron chi connectivity index (χ4n) is 4.29. The Morgan fingerprint density at radius 3 is 2.47 bits per heavy atom. The van der Waals surface area contributed by atoms with Crippen LogP contribution in [-0.4, -0.2) is 22.7 Å². The van der Waals surface area contributed by atoms with Gasteiger partial charge < -0.3 is 14.8 Å². The molecule has 0 aliphatic carbocycles. The van der Waals surface area contributed by atoms with Crippen LogP contribution >= 0.6 is 0 Å². The van der Waals surface area contributed by atoms with E-state index in [1.807, 2.05) is 55.5 Å². The van der Waals surface area contributed by atoms with Gasteiger partial charge in [-0.3, -0.25) is 0 Å². The second-order valence-corrected chi connectivity index (χ2v) is 7.97. The maximum absolute atomic E-state index is 12.0. The summed E-state index contributed by atoms with van der Waals surface area (Å²) in [4.78, 5) is 15.2. The zero-order chi connectivity index (χ0) is 22.7. The number of rotatable bonds is 8. The van der Waals surface area contributed by atoms with Crippen LogP contribution in [0.3, 0.4) is 0 Å². The van der Waals surface area contributed by atoms with Gasteiger partial charge in [0.25, 0.3) is 0 Å². The van der Waals surface area contributed by atoms with Gasteiger partial charge in [-0.1, -0.05) is 67.3 Å². The molecule has 0 saturated carbocycles. The van der Waals surface area contributed by atoms with Gasteiger partial charge in [-0.2, -0.15) is 0 Å². The molecule has 0 atom stereocenters. The quantitative estimate of drug-likeness (QED) is 0.305. The van der Waals surface area contributed by atoms with Gasteiger partial charge >= 0.3 is 5.97 Å². The first kappa shape index (κ1) is 21.4. The van der Waals surface area contributed by atoms with Crippen LogP contribution < -0.4 is 4.74 Å². The Balaban J connectivity index is 1.62. The van der Waals surface area contributed by atoms with E-state index < -0.39 is 5.97 Å². The van der Waals surface area contributed by atoms with Crippen molar-refractivity contribution in [2.45, 2.75) is 26.7 Å². The van der Waals surface area contributed by atoms with Gasteiger partial charge in [0.1, 0.15) is 11.4 Å². The van der Waals surface area contributed by atoms with Crippen LogP contribution in [0, 0.1) is 13.8 Å². The number of aryl methyl sites for hydroxylation is 3. The molecule has 4 rings (SSSR count). The lowest BCUT2D eigenvalue weighted by Crippen LogP contribution is -2.05. The Morgan fingerprint density at radius 2 is 1.72 bits per heavy atom. The number of ether oxygens (including phenoxy) is 1. The van der Waals surface area contributed by atoms with E-state index in [0.717, 1.165) is 50.0 Å². The molecule has 32 heavy (non-hydrogen) atoms. The van der Waals surface area contributed by atoms with E-state index in [0.29, 0.717) is 19.4 Å². The predicted molar refractivity (Wildman–Crippen MR) is 131 cm³/mol. The Labute approximate surface area is 188 Å². The monoisotopic (exact) mass is 425 g/mol. The number of carbonyl (C=O) groups is 1. The fraction of sp³-hybridized carbons (Fsp3) is 0.179. The number of hydrogen-bond acceptors (Lipinski definition) is 2. The molecule has 0 spiro atoms. The third-order valence-corrected chi connectivity index (χ3v) is 5.91. The molecule has 0 fully saturated rings. The first-order chi connectivity index (χ1) is 15.5. The van der Waals surface area contributed by atoms with E-state index in [1.54, 1.807) is 6.08 Å². The molecule has 4 nitrogen and oxygen atoms in total. The number of para-hydroxylation sites is 1. The van der Waals surface area contributed by atoms with Gasteiger partial charge in [-0.25, -0.2) is 4.79 Å². The number of hydrogen-bond donors (Lipinski definition) is 2. The SMILES string of the molecule is C=Cc1c(C)cccc1OCCCc1c(C(=O)O)[nH]c2c(-c3ccccc3C)cccc12. The predicted octanol–water partition coefficient (Wildman–Crippen LogP) is 6.80. The van der Waals surface area contributed by atoms with Crippen LogP contribution in [0.25, 0.3) is 28.1 Å². The van der Waals surface area contributed by atoms with Gasteiger partial charge in [0.05, 0.1) is 12.1 Å². The third kappa shape index (κ3) is 4.04. The summed E-state index contributed by atoms with van der Waals surface area (Å²) < 4.78 is 6.00. The van der Waals surface area contributed by atoms with E-state index in [4.69, 9.17) is 4.74 Å². The Bertz CT molecular complexity index is 1300. The number of fused-ring (bicyclic) bond motifs is 1. The first-order valence-corrected chi connectivity index (χ1v) is 10.8. The number of aromatic carboxylic acids is 1. The lowest BCUT2D eigenvalue weighted by atomic mass is 9.97. The molecule has 0 radical (unpaired) electrons. The molecule has 162 valence electrons. The fourth-order valence-corrected chi connectivity index (χ4v) is 4.29. The summed E-state index contributed by atoms with van der Waals surface area (Å²) in [7, 11) is 0. The van der Waals surface area contributed by atoms with Gasteiger partial charge in [0.2, 0.25) is 0 Å². The number of carboxylic acid groups (broad SMARTS) is 1. The van der Waals surface area contributed by atoms with E-state index in [2.05, 4.69) is 30.6 Å². The van der Waals surface area contributed by atoms with Crippen LogP contribution in [0.15, 0.2) is 67.2 Å². The molecule has 0 saturated heterocycles. The van der Waals surface area contributed by atoms with E-state index in [9.17, 15) is 9.90 Å². The van der Waals surface area contributed by atoms with Crippen molar-refractivity contribution in [2.24, 2.45) is 0 Å². The van der Waals surface area contributed by atoms with Crippen molar-refractivity contribution in [3.63, 3.8) is 0 Å². The Morgan fingerprint density at radius 1 is 1.00 bits per heavy atom. The number of benzene rings is 3. The van der Waals surface area contributed by atoms with Gasteiger partial charge in [0.15, 0.2) is 0 Å². The molecular formula is C28H27NO3. The van der Waals surface area contributed by atoms with Gasteiger partial charge in [-0.05, 0) is 55.0 Å². The second-order valence-electron chi connectivity index (χ2n) is 7.97. The summed E-state index contributed by atoms with van der Waals surface area (Å²) in [6, 6.07) is 20.1. The maximum Gasteiger partial charge on any atom is 0.352 e. The van der Waals surface area contributed by atoms with E-state index in [1.165, 1.54) is 0 Å². The lowest BCUT2D eigenvalue weighted by molar-refractivity contribution is 0.0690. The van der Waals surface area contributed by atoms with E-state index in [-0.39, 0.29) is 5.69 Å². The lowest BCUT2D eigenvalue weighted by Gasteiger charge is -2.11. The van der Waals surface area contributed by atoms with Crippen molar-refractivity contribution < 1.29 is 14.6 Å². The highest BCUT2D eigenvalue weighted by Crippen LogP contribution is 2.34. The highest BCUT2D eigenvalue weighted by molar-refractivity contribution is 6.03. The molecule has 4 heteroatoms. The summed E-state index contributed by atoms with van der Waals surface area (Å²) in [6.07, 6.45) is 3.11. The van der Waals surface area contributed by atoms with Crippen molar-refractivity contribution in [3.8, 4) is 16.9 Å². The van der Waals surface area contributed by atoms with Crippen LogP contribution in [0.2, 0.25) is 0 Å². The van der Waals surface area contributed by atoms with Crippen molar-refractivity contribution >= 4 is 22.9 Å². The minimum atomic E-state index is -0.944. The molecule has 2 N–H and O–H groups in total. The zero-order valence-electron chi connectivity index (χ0n) is 18.4. The molecule has 4 aromatic rings. The molecule has 0 unspecified atom stereocenters. The van der Waals surface area contributed by atoms with Gasteiger partial charge in [-0.15, -0.1) is 0 Å². The molecule has 1 aromatic heterocycles. The molecule has 0 amide bonds. The summed E-state index contributed by atoms with van der Waals surface area (Å²) in [5.41, 5.74) is 7.31. The Hall–Kier alpha value is -3.79. The highest BCUT2D eigenvalue weighted by atomic mass is 16.5. The van der Waals surface area contributed by atoms with E-state index >= 15 is 0 Å². The maximum atomic E-state index is 12.0. The van der Waals surface area contributed by atoms with Crippen molar-refractivity contribution in [2.75, 3.05) is 6.61 Å². The molecule has 3 aromatic carbocycles. The number of nitrogens with one attached hydrogen (secondary N) is 1. The van der Waals surface area contributed by atoms with Gasteiger partial charge in [0, 0.05) is 16.5 Å². The topological polar surface area (TPSA) is 62.3 Å². The summed E-state index contributed by atoms with van der Waals surface area (Å²) >= 11 is 0. The van der Waals surface area contributed by atoms with Crippen LogP contribution in [0.1, 0.15) is 39.2 Å². The number of aromatic amines is 1. The molecule has 1 heterocycles. The van der Waals surface area contributed by atoms with Crippen LogP contribution in [0.4, 0.5) is 0 Å². The number of carboxylic acids is 1. The molecule has 0 aliphatic rings. The normalized spacial score (nSPS) is 10.9. The largest absolute Gasteiger partial charge is 0.493 e. The second kappa shape index (κ2) is 9.15. The summed E-state index contributed by atoms with van der Waals surface area (Å²) in [6.45, 7) is 8.46.